The third kappa shape index (κ3) is 5.54. The summed E-state index contributed by atoms with van der Waals surface area (Å²) in [6.45, 7) is 1.94. The number of rotatable bonds is 3. The van der Waals surface area contributed by atoms with E-state index in [0.29, 0.717) is 16.5 Å². The summed E-state index contributed by atoms with van der Waals surface area (Å²) in [5, 5.41) is 1.37. The Kier molecular flexibility index (Phi) is 9.49. The van der Waals surface area contributed by atoms with Gasteiger partial charge in [-0.05, 0) is 31.0 Å². The molecule has 0 heterocycles. The molecule has 0 saturated carbocycles. The first kappa shape index (κ1) is 19.5. The lowest BCUT2D eigenvalue weighted by atomic mass is 10.1. The molecule has 1 aromatic carbocycles. The summed E-state index contributed by atoms with van der Waals surface area (Å²) < 4.78 is 0. The summed E-state index contributed by atoms with van der Waals surface area (Å²) in [6.07, 6.45) is 0.700. The van der Waals surface area contributed by atoms with Crippen LogP contribution in [0.3, 0.4) is 0 Å². The molecule has 0 fully saturated rings. The first-order valence-electron chi connectivity index (χ1n) is 4.82. The van der Waals surface area contributed by atoms with Crippen LogP contribution in [0.15, 0.2) is 12.1 Å². The fraction of sp³-hybridized carbons (Fsp3) is 0.455. The highest BCUT2D eigenvalue weighted by molar-refractivity contribution is 6.36. The molecule has 0 aliphatic carbocycles. The van der Waals surface area contributed by atoms with Crippen molar-refractivity contribution in [2.45, 2.75) is 19.4 Å². The number of hydrogen-bond acceptors (Lipinski definition) is 2. The van der Waals surface area contributed by atoms with Gasteiger partial charge in [0.05, 0.1) is 0 Å². The van der Waals surface area contributed by atoms with E-state index in [4.69, 9.17) is 28.9 Å². The molecule has 0 spiro atoms. The lowest BCUT2D eigenvalue weighted by Gasteiger charge is -2.16. The zero-order valence-corrected chi connectivity index (χ0v) is 13.2. The van der Waals surface area contributed by atoms with E-state index in [2.05, 4.69) is 0 Å². The average molecular weight is 320 g/mol. The zero-order chi connectivity index (χ0) is 11.6. The van der Waals surface area contributed by atoms with E-state index in [9.17, 15) is 0 Å². The van der Waals surface area contributed by atoms with Crippen molar-refractivity contribution in [3.05, 3.63) is 27.7 Å². The van der Waals surface area contributed by atoms with Gasteiger partial charge >= 0.3 is 0 Å². The Bertz CT molecular complexity index is 330. The van der Waals surface area contributed by atoms with Crippen molar-refractivity contribution in [1.29, 1.82) is 0 Å². The van der Waals surface area contributed by atoms with Crippen molar-refractivity contribution in [1.82, 2.24) is 0 Å². The minimum Gasteiger partial charge on any atom is -0.378 e. The van der Waals surface area contributed by atoms with Crippen molar-refractivity contribution in [3.63, 3.8) is 0 Å². The van der Waals surface area contributed by atoms with Gasteiger partial charge < -0.3 is 10.6 Å². The summed E-state index contributed by atoms with van der Waals surface area (Å²) in [5.74, 6) is 0. The highest BCUT2D eigenvalue weighted by atomic mass is 35.5. The van der Waals surface area contributed by atoms with Gasteiger partial charge in [-0.25, -0.2) is 0 Å². The molecular formula is C11H18Cl4N2. The molecule has 0 bridgehead atoms. The van der Waals surface area contributed by atoms with E-state index in [-0.39, 0.29) is 30.9 Å². The van der Waals surface area contributed by atoms with Crippen LogP contribution in [0.1, 0.15) is 12.5 Å². The minimum absolute atomic E-state index is 0. The van der Waals surface area contributed by atoms with Crippen LogP contribution in [0.2, 0.25) is 10.0 Å². The number of hydrogen-bond donors (Lipinski definition) is 1. The summed E-state index contributed by atoms with van der Waals surface area (Å²) in [4.78, 5) is 1.97. The van der Waals surface area contributed by atoms with Crippen LogP contribution in [0.25, 0.3) is 0 Å². The zero-order valence-electron chi connectivity index (χ0n) is 10.0. The summed E-state index contributed by atoms with van der Waals surface area (Å²) >= 11 is 12.3. The number of nitrogens with zero attached hydrogens (tertiary/aromatic N) is 1. The molecule has 0 aliphatic rings. The Morgan fingerprint density at radius 1 is 1.18 bits per heavy atom. The maximum absolute atomic E-state index is 6.16. The second-order valence-corrected chi connectivity index (χ2v) is 4.78. The lowest BCUT2D eigenvalue weighted by molar-refractivity contribution is 0.738. The van der Waals surface area contributed by atoms with E-state index in [0.717, 1.165) is 11.3 Å². The Morgan fingerprint density at radius 3 is 1.88 bits per heavy atom. The van der Waals surface area contributed by atoms with Crippen molar-refractivity contribution >= 4 is 53.7 Å². The summed E-state index contributed by atoms with van der Waals surface area (Å²) in [7, 11) is 3.90. The van der Waals surface area contributed by atoms with Crippen LogP contribution in [-0.4, -0.2) is 20.1 Å². The quantitative estimate of drug-likeness (QED) is 0.918. The van der Waals surface area contributed by atoms with Gasteiger partial charge in [0.25, 0.3) is 0 Å². The predicted molar refractivity (Wildman–Crippen MR) is 82.6 cm³/mol. The molecule has 0 saturated heterocycles. The Balaban J connectivity index is 0. The van der Waals surface area contributed by atoms with Crippen LogP contribution in [0, 0.1) is 0 Å². The highest BCUT2D eigenvalue weighted by Gasteiger charge is 2.10. The molecule has 0 radical (unpaired) electrons. The van der Waals surface area contributed by atoms with Crippen molar-refractivity contribution in [2.24, 2.45) is 5.73 Å². The fourth-order valence-electron chi connectivity index (χ4n) is 1.36. The number of halogens is 4. The summed E-state index contributed by atoms with van der Waals surface area (Å²) in [5.41, 5.74) is 7.66. The van der Waals surface area contributed by atoms with Gasteiger partial charge in [0, 0.05) is 35.9 Å². The summed E-state index contributed by atoms with van der Waals surface area (Å²) in [6, 6.07) is 3.88. The number of nitrogens with two attached hydrogens (primary N) is 1. The number of benzene rings is 1. The molecule has 1 aromatic rings. The van der Waals surface area contributed by atoms with Gasteiger partial charge in [0.15, 0.2) is 0 Å². The molecule has 0 amide bonds. The third-order valence-electron chi connectivity index (χ3n) is 2.17. The minimum atomic E-state index is 0. The highest BCUT2D eigenvalue weighted by Crippen LogP contribution is 2.30. The molecule has 2 N–H and O–H groups in total. The fourth-order valence-corrected chi connectivity index (χ4v) is 1.99. The van der Waals surface area contributed by atoms with Crippen molar-refractivity contribution < 1.29 is 0 Å². The monoisotopic (exact) mass is 318 g/mol. The molecule has 0 aromatic heterocycles. The van der Waals surface area contributed by atoms with Crippen LogP contribution in [0.4, 0.5) is 5.69 Å². The largest absolute Gasteiger partial charge is 0.378 e. The van der Waals surface area contributed by atoms with Crippen LogP contribution in [-0.2, 0) is 6.42 Å². The second-order valence-electron chi connectivity index (χ2n) is 3.96. The van der Waals surface area contributed by atoms with E-state index in [1.165, 1.54) is 0 Å². The molecule has 17 heavy (non-hydrogen) atoms. The first-order chi connectivity index (χ1) is 6.91. The van der Waals surface area contributed by atoms with E-state index in [1.54, 1.807) is 0 Å². The average Bonchev–Trinajstić information content (AvgIpc) is 2.10. The van der Waals surface area contributed by atoms with Gasteiger partial charge in [-0.3, -0.25) is 0 Å². The van der Waals surface area contributed by atoms with Gasteiger partial charge in [0.2, 0.25) is 0 Å². The molecule has 1 unspecified atom stereocenters. The molecule has 1 rings (SSSR count). The number of anilines is 1. The Morgan fingerprint density at radius 2 is 1.59 bits per heavy atom. The standard InChI is InChI=1S/C11H16Cl2N2.2ClH/c1-7(14)4-9-10(12)5-8(15(2)3)6-11(9)13;;/h5-7H,4,14H2,1-3H3;2*1H. The van der Waals surface area contributed by atoms with E-state index < -0.39 is 0 Å². The predicted octanol–water partition coefficient (Wildman–Crippen LogP) is 3.79. The molecular weight excluding hydrogens is 302 g/mol. The van der Waals surface area contributed by atoms with Crippen molar-refractivity contribution in [2.75, 3.05) is 19.0 Å². The van der Waals surface area contributed by atoms with Gasteiger partial charge in [0.1, 0.15) is 0 Å². The van der Waals surface area contributed by atoms with Gasteiger partial charge in [-0.1, -0.05) is 23.2 Å². The molecule has 2 nitrogen and oxygen atoms in total. The van der Waals surface area contributed by atoms with Gasteiger partial charge in [-0.15, -0.1) is 24.8 Å². The molecule has 1 atom stereocenters. The van der Waals surface area contributed by atoms with Crippen LogP contribution < -0.4 is 10.6 Å². The third-order valence-corrected chi connectivity index (χ3v) is 2.84. The molecule has 0 aliphatic heterocycles. The first-order valence-corrected chi connectivity index (χ1v) is 5.58. The second kappa shape index (κ2) is 8.28. The van der Waals surface area contributed by atoms with Crippen LogP contribution >= 0.6 is 48.0 Å². The smallest absolute Gasteiger partial charge is 0.0474 e. The van der Waals surface area contributed by atoms with Crippen molar-refractivity contribution in [3.8, 4) is 0 Å². The molecule has 100 valence electrons. The van der Waals surface area contributed by atoms with Crippen LogP contribution in [0.5, 0.6) is 0 Å². The van der Waals surface area contributed by atoms with E-state index in [1.807, 2.05) is 38.1 Å². The maximum atomic E-state index is 6.16. The molecule has 6 heteroatoms. The SMILES string of the molecule is CC(N)Cc1c(Cl)cc(N(C)C)cc1Cl.Cl.Cl. The van der Waals surface area contributed by atoms with E-state index >= 15 is 0 Å². The van der Waals surface area contributed by atoms with Gasteiger partial charge in [-0.2, -0.15) is 0 Å². The maximum Gasteiger partial charge on any atom is 0.0474 e. The normalized spacial score (nSPS) is 11.2. The Labute approximate surface area is 125 Å². The lowest BCUT2D eigenvalue weighted by Crippen LogP contribution is -2.18. The Hall–Kier alpha value is 0.140. The topological polar surface area (TPSA) is 29.3 Å².